The highest BCUT2D eigenvalue weighted by Gasteiger charge is 2.23. The zero-order valence-corrected chi connectivity index (χ0v) is 11.2. The average molecular weight is 212 g/mol. The highest BCUT2D eigenvalue weighted by molar-refractivity contribution is 5.83. The Morgan fingerprint density at radius 2 is 1.73 bits per heavy atom. The third-order valence-corrected chi connectivity index (χ3v) is 3.10. The van der Waals surface area contributed by atoms with Gasteiger partial charge < -0.3 is 0 Å². The van der Waals surface area contributed by atoms with E-state index in [1.807, 2.05) is 20.8 Å². The maximum atomic E-state index is 11.9. The Balaban J connectivity index is 3.94. The highest BCUT2D eigenvalue weighted by Crippen LogP contribution is 2.24. The predicted molar refractivity (Wildman–Crippen MR) is 67.0 cm³/mol. The Kier molecular flexibility index (Phi) is 6.87. The van der Waals surface area contributed by atoms with Gasteiger partial charge in [0.15, 0.2) is 0 Å². The molecule has 0 aliphatic carbocycles. The summed E-state index contributed by atoms with van der Waals surface area (Å²) >= 11 is 0. The van der Waals surface area contributed by atoms with Crippen molar-refractivity contribution in [3.05, 3.63) is 0 Å². The summed E-state index contributed by atoms with van der Waals surface area (Å²) in [5.74, 6) is 1.04. The number of rotatable bonds is 7. The van der Waals surface area contributed by atoms with E-state index in [9.17, 15) is 4.79 Å². The topological polar surface area (TPSA) is 17.1 Å². The molecule has 0 heterocycles. The number of carbonyl (C=O) groups excluding carboxylic acids is 1. The Morgan fingerprint density at radius 3 is 2.13 bits per heavy atom. The molecule has 0 spiro atoms. The third kappa shape index (κ3) is 6.70. The maximum absolute atomic E-state index is 11.9. The fourth-order valence-electron chi connectivity index (χ4n) is 1.70. The molecule has 90 valence electrons. The summed E-state index contributed by atoms with van der Waals surface area (Å²) in [5.41, 5.74) is -0.155. The van der Waals surface area contributed by atoms with Crippen LogP contribution in [0.5, 0.6) is 0 Å². The van der Waals surface area contributed by atoms with Crippen LogP contribution in [0.25, 0.3) is 0 Å². The minimum atomic E-state index is -0.155. The number of unbranched alkanes of at least 4 members (excludes halogenated alkanes) is 2. The van der Waals surface area contributed by atoms with E-state index in [1.54, 1.807) is 0 Å². The van der Waals surface area contributed by atoms with Gasteiger partial charge in [-0.3, -0.25) is 4.79 Å². The average Bonchev–Trinajstić information content (AvgIpc) is 2.14. The monoisotopic (exact) mass is 212 g/mol. The van der Waals surface area contributed by atoms with E-state index in [1.165, 1.54) is 25.7 Å². The van der Waals surface area contributed by atoms with Gasteiger partial charge in [-0.1, -0.05) is 66.7 Å². The first-order chi connectivity index (χ1) is 6.91. The summed E-state index contributed by atoms with van der Waals surface area (Å²) in [6, 6.07) is 0. The van der Waals surface area contributed by atoms with Gasteiger partial charge in [-0.25, -0.2) is 0 Å². The Bertz CT molecular complexity index is 176. The fourth-order valence-corrected chi connectivity index (χ4v) is 1.70. The fraction of sp³-hybridized carbons (Fsp3) is 0.929. The maximum Gasteiger partial charge on any atom is 0.138 e. The van der Waals surface area contributed by atoms with Crippen LogP contribution in [-0.4, -0.2) is 5.78 Å². The molecule has 1 nitrogen and oxygen atoms in total. The van der Waals surface area contributed by atoms with Crippen molar-refractivity contribution in [3.63, 3.8) is 0 Å². The van der Waals surface area contributed by atoms with Crippen molar-refractivity contribution in [2.24, 2.45) is 11.3 Å². The quantitative estimate of drug-likeness (QED) is 0.564. The van der Waals surface area contributed by atoms with Gasteiger partial charge in [0.2, 0.25) is 0 Å². The lowest BCUT2D eigenvalue weighted by atomic mass is 9.83. The molecule has 0 aromatic rings. The van der Waals surface area contributed by atoms with Gasteiger partial charge in [-0.05, 0) is 5.92 Å². The van der Waals surface area contributed by atoms with E-state index in [-0.39, 0.29) is 5.41 Å². The van der Waals surface area contributed by atoms with Crippen molar-refractivity contribution < 1.29 is 4.79 Å². The summed E-state index contributed by atoms with van der Waals surface area (Å²) < 4.78 is 0. The summed E-state index contributed by atoms with van der Waals surface area (Å²) in [7, 11) is 0. The molecule has 0 amide bonds. The molecule has 0 aromatic heterocycles. The minimum absolute atomic E-state index is 0.155. The molecule has 0 radical (unpaired) electrons. The first kappa shape index (κ1) is 14.7. The van der Waals surface area contributed by atoms with E-state index in [2.05, 4.69) is 13.8 Å². The largest absolute Gasteiger partial charge is 0.299 e. The summed E-state index contributed by atoms with van der Waals surface area (Å²) in [4.78, 5) is 11.9. The molecule has 0 aliphatic rings. The van der Waals surface area contributed by atoms with Gasteiger partial charge in [0, 0.05) is 11.8 Å². The molecule has 15 heavy (non-hydrogen) atoms. The molecule has 0 unspecified atom stereocenters. The molecule has 0 fully saturated rings. The molecular weight excluding hydrogens is 184 g/mol. The highest BCUT2D eigenvalue weighted by atomic mass is 16.1. The van der Waals surface area contributed by atoms with Gasteiger partial charge in [0.1, 0.15) is 5.78 Å². The number of carbonyl (C=O) groups is 1. The van der Waals surface area contributed by atoms with E-state index >= 15 is 0 Å². The Morgan fingerprint density at radius 1 is 1.13 bits per heavy atom. The van der Waals surface area contributed by atoms with Gasteiger partial charge in [0.05, 0.1) is 0 Å². The summed E-state index contributed by atoms with van der Waals surface area (Å²) in [6.07, 6.45) is 7.01. The molecule has 0 saturated heterocycles. The standard InChI is InChI=1S/C14H28O/c1-6-8-9-10-12(7-2)11-13(15)14(3,4)5/h12H,6-11H2,1-5H3/t12-/m1/s1. The van der Waals surface area contributed by atoms with E-state index < -0.39 is 0 Å². The van der Waals surface area contributed by atoms with Crippen molar-refractivity contribution in [1.82, 2.24) is 0 Å². The smallest absolute Gasteiger partial charge is 0.138 e. The Hall–Kier alpha value is -0.330. The van der Waals surface area contributed by atoms with Crippen LogP contribution in [-0.2, 0) is 4.79 Å². The SMILES string of the molecule is CCCCC[C@@H](CC)CC(=O)C(C)(C)C. The molecule has 0 bridgehead atoms. The van der Waals surface area contributed by atoms with Crippen LogP contribution < -0.4 is 0 Å². The number of hydrogen-bond acceptors (Lipinski definition) is 1. The first-order valence-corrected chi connectivity index (χ1v) is 6.45. The lowest BCUT2D eigenvalue weighted by Gasteiger charge is -2.21. The van der Waals surface area contributed by atoms with Gasteiger partial charge in [0.25, 0.3) is 0 Å². The molecule has 0 N–H and O–H groups in total. The van der Waals surface area contributed by atoms with Gasteiger partial charge in [-0.15, -0.1) is 0 Å². The zero-order valence-electron chi connectivity index (χ0n) is 11.2. The van der Waals surface area contributed by atoms with E-state index in [0.717, 1.165) is 12.8 Å². The first-order valence-electron chi connectivity index (χ1n) is 6.45. The number of ketones is 1. The van der Waals surface area contributed by atoms with E-state index in [0.29, 0.717) is 11.7 Å². The Labute approximate surface area is 95.6 Å². The van der Waals surface area contributed by atoms with Crippen molar-refractivity contribution in [2.45, 2.75) is 73.1 Å². The molecule has 1 atom stereocenters. The predicted octanol–water partition coefficient (Wildman–Crippen LogP) is 4.60. The third-order valence-electron chi connectivity index (χ3n) is 3.10. The van der Waals surface area contributed by atoms with Crippen molar-refractivity contribution in [2.75, 3.05) is 0 Å². The second kappa shape index (κ2) is 7.03. The second-order valence-electron chi connectivity index (χ2n) is 5.65. The molecule has 1 heteroatoms. The zero-order chi connectivity index (χ0) is 11.9. The lowest BCUT2D eigenvalue weighted by Crippen LogP contribution is -2.22. The van der Waals surface area contributed by atoms with Crippen LogP contribution >= 0.6 is 0 Å². The summed E-state index contributed by atoms with van der Waals surface area (Å²) in [5, 5.41) is 0. The summed E-state index contributed by atoms with van der Waals surface area (Å²) in [6.45, 7) is 10.5. The van der Waals surface area contributed by atoms with E-state index in [4.69, 9.17) is 0 Å². The van der Waals surface area contributed by atoms with Crippen LogP contribution in [0.15, 0.2) is 0 Å². The van der Waals surface area contributed by atoms with Crippen molar-refractivity contribution in [1.29, 1.82) is 0 Å². The lowest BCUT2D eigenvalue weighted by molar-refractivity contribution is -0.127. The van der Waals surface area contributed by atoms with Crippen molar-refractivity contribution >= 4 is 5.78 Å². The second-order valence-corrected chi connectivity index (χ2v) is 5.65. The normalized spacial score (nSPS) is 13.9. The molecule has 0 rings (SSSR count). The van der Waals surface area contributed by atoms with Crippen LogP contribution in [0.4, 0.5) is 0 Å². The molecule has 0 aliphatic heterocycles. The molecule has 0 saturated carbocycles. The van der Waals surface area contributed by atoms with Crippen LogP contribution in [0.3, 0.4) is 0 Å². The van der Waals surface area contributed by atoms with Crippen LogP contribution in [0.1, 0.15) is 73.1 Å². The van der Waals surface area contributed by atoms with Crippen LogP contribution in [0.2, 0.25) is 0 Å². The van der Waals surface area contributed by atoms with Gasteiger partial charge >= 0.3 is 0 Å². The minimum Gasteiger partial charge on any atom is -0.299 e. The van der Waals surface area contributed by atoms with Crippen molar-refractivity contribution in [3.8, 4) is 0 Å². The molecule has 0 aromatic carbocycles. The number of hydrogen-bond donors (Lipinski definition) is 0. The van der Waals surface area contributed by atoms with Crippen LogP contribution in [0, 0.1) is 11.3 Å². The van der Waals surface area contributed by atoms with Gasteiger partial charge in [-0.2, -0.15) is 0 Å². The number of Topliss-reactive ketones (excluding diaryl/α,β-unsaturated/α-hetero) is 1. The molecular formula is C14H28O.